The number of hydrogen-bond donors (Lipinski definition) is 1. The van der Waals surface area contributed by atoms with Gasteiger partial charge in [0.15, 0.2) is 0 Å². The molecule has 1 aliphatic carbocycles. The van der Waals surface area contributed by atoms with E-state index >= 15 is 0 Å². The van der Waals surface area contributed by atoms with Crippen molar-refractivity contribution in [3.63, 3.8) is 0 Å². The van der Waals surface area contributed by atoms with Crippen LogP contribution in [0.1, 0.15) is 30.4 Å². The van der Waals surface area contributed by atoms with Gasteiger partial charge in [-0.25, -0.2) is 8.42 Å². The topological polar surface area (TPSA) is 80.5 Å². The van der Waals surface area contributed by atoms with Gasteiger partial charge in [0.25, 0.3) is 0 Å². The Hall–Kier alpha value is -2.10. The summed E-state index contributed by atoms with van der Waals surface area (Å²) < 4.78 is 66.5. The van der Waals surface area contributed by atoms with E-state index in [1.165, 1.54) is 40.7 Å². The van der Waals surface area contributed by atoms with Gasteiger partial charge in [-0.2, -0.15) is 17.5 Å². The third-order valence-corrected chi connectivity index (χ3v) is 7.39. The second-order valence-electron chi connectivity index (χ2n) is 7.21. The lowest BCUT2D eigenvalue weighted by atomic mass is 10.0. The Morgan fingerprint density at radius 2 is 1.67 bits per heavy atom. The Morgan fingerprint density at radius 1 is 1.07 bits per heavy atom. The van der Waals surface area contributed by atoms with Crippen LogP contribution < -0.4 is 5.73 Å². The van der Waals surface area contributed by atoms with Crippen molar-refractivity contribution >= 4 is 27.5 Å². The molecular weight excluding hydrogens is 441 g/mol. The number of rotatable bonds is 6. The highest BCUT2D eigenvalue weighted by molar-refractivity contribution is 7.89. The molecule has 1 aliphatic rings. The van der Waals surface area contributed by atoms with Crippen LogP contribution >= 0.6 is 11.6 Å². The molecule has 0 aromatic heterocycles. The molecule has 1 saturated carbocycles. The molecule has 0 saturated heterocycles. The van der Waals surface area contributed by atoms with E-state index in [-0.39, 0.29) is 11.4 Å². The van der Waals surface area contributed by atoms with Crippen molar-refractivity contribution in [2.24, 2.45) is 11.7 Å². The highest BCUT2D eigenvalue weighted by Gasteiger charge is 2.41. The molecule has 2 N–H and O–H groups in total. The molecule has 162 valence electrons. The number of carbonyl (C=O) groups excluding carboxylic acids is 1. The first-order valence-electron chi connectivity index (χ1n) is 9.23. The number of alkyl halides is 3. The van der Waals surface area contributed by atoms with Gasteiger partial charge in [0.05, 0.1) is 16.4 Å². The Kier molecular flexibility index (Phi) is 6.45. The predicted molar refractivity (Wildman–Crippen MR) is 106 cm³/mol. The maximum atomic E-state index is 13.4. The number of sulfonamides is 1. The zero-order valence-corrected chi connectivity index (χ0v) is 17.3. The molecule has 0 heterocycles. The van der Waals surface area contributed by atoms with Crippen LogP contribution in [0.4, 0.5) is 13.2 Å². The summed E-state index contributed by atoms with van der Waals surface area (Å²) in [6.45, 7) is -0.183. The number of hydrogen-bond acceptors (Lipinski definition) is 3. The fourth-order valence-corrected chi connectivity index (χ4v) is 5.52. The number of benzene rings is 2. The minimum Gasteiger partial charge on any atom is -0.369 e. The first-order chi connectivity index (χ1) is 14.0. The average molecular weight is 461 g/mol. The summed E-state index contributed by atoms with van der Waals surface area (Å²) in [6, 6.07) is 9.19. The number of amides is 1. The molecular formula is C20H20ClF3N2O3S. The van der Waals surface area contributed by atoms with E-state index in [1.807, 2.05) is 0 Å². The highest BCUT2D eigenvalue weighted by Crippen LogP contribution is 2.35. The zero-order chi connectivity index (χ0) is 22.1. The van der Waals surface area contributed by atoms with Gasteiger partial charge in [-0.3, -0.25) is 4.79 Å². The van der Waals surface area contributed by atoms with E-state index in [2.05, 4.69) is 0 Å². The van der Waals surface area contributed by atoms with Crippen molar-refractivity contribution < 1.29 is 26.4 Å². The molecule has 0 radical (unpaired) electrons. The summed E-state index contributed by atoms with van der Waals surface area (Å²) in [5, 5.41) is 0.360. The fraction of sp³-hybridized carbons (Fsp3) is 0.350. The quantitative estimate of drug-likeness (QED) is 0.701. The predicted octanol–water partition coefficient (Wildman–Crippen LogP) is 4.20. The second-order valence-corrected chi connectivity index (χ2v) is 9.53. The van der Waals surface area contributed by atoms with Crippen LogP contribution in [-0.4, -0.2) is 24.7 Å². The van der Waals surface area contributed by atoms with Gasteiger partial charge >= 0.3 is 6.18 Å². The normalized spacial score (nSPS) is 19.9. The molecule has 30 heavy (non-hydrogen) atoms. The summed E-state index contributed by atoms with van der Waals surface area (Å²) in [5.74, 6) is -1.26. The van der Waals surface area contributed by atoms with Gasteiger partial charge in [-0.1, -0.05) is 30.2 Å². The Labute approximate surface area is 177 Å². The molecule has 2 unspecified atom stereocenters. The second kappa shape index (κ2) is 8.56. The van der Waals surface area contributed by atoms with Gasteiger partial charge in [0.2, 0.25) is 15.9 Å². The number of nitrogens with zero attached hydrogens (tertiary/aromatic N) is 1. The largest absolute Gasteiger partial charge is 0.416 e. The van der Waals surface area contributed by atoms with Gasteiger partial charge in [0.1, 0.15) is 0 Å². The van der Waals surface area contributed by atoms with Crippen LogP contribution in [0.2, 0.25) is 5.02 Å². The SMILES string of the molecule is NC(=O)C1CCCC1N(Cc1ccc(C(F)(F)F)cc1)S(=O)(=O)c1ccc(Cl)cc1. The summed E-state index contributed by atoms with van der Waals surface area (Å²) in [4.78, 5) is 11.9. The van der Waals surface area contributed by atoms with Crippen molar-refractivity contribution in [1.29, 1.82) is 0 Å². The first-order valence-corrected chi connectivity index (χ1v) is 11.0. The zero-order valence-electron chi connectivity index (χ0n) is 15.8. The molecule has 5 nitrogen and oxygen atoms in total. The highest BCUT2D eigenvalue weighted by atomic mass is 35.5. The van der Waals surface area contributed by atoms with Gasteiger partial charge in [-0.05, 0) is 54.8 Å². The van der Waals surface area contributed by atoms with Crippen molar-refractivity contribution in [3.8, 4) is 0 Å². The lowest BCUT2D eigenvalue weighted by Gasteiger charge is -2.31. The fourth-order valence-electron chi connectivity index (χ4n) is 3.72. The monoisotopic (exact) mass is 460 g/mol. The summed E-state index contributed by atoms with van der Waals surface area (Å²) >= 11 is 5.85. The minimum absolute atomic E-state index is 0.0195. The van der Waals surface area contributed by atoms with Crippen molar-refractivity contribution in [3.05, 3.63) is 64.7 Å². The average Bonchev–Trinajstić information content (AvgIpc) is 3.15. The van der Waals surface area contributed by atoms with Crippen LogP contribution in [0.25, 0.3) is 0 Å². The lowest BCUT2D eigenvalue weighted by Crippen LogP contribution is -2.45. The van der Waals surface area contributed by atoms with Gasteiger partial charge < -0.3 is 5.73 Å². The smallest absolute Gasteiger partial charge is 0.369 e. The van der Waals surface area contributed by atoms with E-state index in [1.54, 1.807) is 0 Å². The van der Waals surface area contributed by atoms with Gasteiger partial charge in [-0.15, -0.1) is 0 Å². The van der Waals surface area contributed by atoms with Crippen molar-refractivity contribution in [2.45, 2.75) is 42.9 Å². The molecule has 2 aromatic carbocycles. The molecule has 0 aliphatic heterocycles. The summed E-state index contributed by atoms with van der Waals surface area (Å²) in [5.41, 5.74) is 5.03. The van der Waals surface area contributed by atoms with Gasteiger partial charge in [0, 0.05) is 17.6 Å². The molecule has 2 aromatic rings. The van der Waals surface area contributed by atoms with Crippen molar-refractivity contribution in [1.82, 2.24) is 4.31 Å². The molecule has 1 amide bonds. The Bertz CT molecular complexity index is 1010. The van der Waals surface area contributed by atoms with Crippen LogP contribution in [0, 0.1) is 5.92 Å². The van der Waals surface area contributed by atoms with E-state index in [9.17, 15) is 26.4 Å². The minimum atomic E-state index is -4.49. The number of halogens is 4. The van der Waals surface area contributed by atoms with Crippen LogP contribution in [-0.2, 0) is 27.5 Å². The van der Waals surface area contributed by atoms with Crippen LogP contribution in [0.3, 0.4) is 0 Å². The number of carbonyl (C=O) groups is 1. The maximum absolute atomic E-state index is 13.4. The van der Waals surface area contributed by atoms with Crippen LogP contribution in [0.5, 0.6) is 0 Å². The Balaban J connectivity index is 1.99. The summed E-state index contributed by atoms with van der Waals surface area (Å²) in [6.07, 6.45) is -2.98. The summed E-state index contributed by atoms with van der Waals surface area (Å²) in [7, 11) is -4.06. The molecule has 0 spiro atoms. The lowest BCUT2D eigenvalue weighted by molar-refractivity contribution is -0.137. The van der Waals surface area contributed by atoms with E-state index in [4.69, 9.17) is 17.3 Å². The van der Waals surface area contributed by atoms with E-state index in [0.717, 1.165) is 12.1 Å². The third kappa shape index (κ3) is 4.79. The Morgan fingerprint density at radius 3 is 2.20 bits per heavy atom. The standard InChI is InChI=1S/C20H20ClF3N2O3S/c21-15-8-10-16(11-9-15)30(28,29)26(18-3-1-2-17(18)19(25)27)12-13-4-6-14(7-5-13)20(22,23)24/h4-11,17-18H,1-3,12H2,(H2,25,27). The first kappa shape index (κ1) is 22.6. The molecule has 10 heteroatoms. The molecule has 2 atom stereocenters. The van der Waals surface area contributed by atoms with E-state index < -0.39 is 39.6 Å². The van der Waals surface area contributed by atoms with Crippen molar-refractivity contribution in [2.75, 3.05) is 0 Å². The maximum Gasteiger partial charge on any atom is 0.416 e. The molecule has 1 fully saturated rings. The van der Waals surface area contributed by atoms with Crippen LogP contribution in [0.15, 0.2) is 53.4 Å². The molecule has 3 rings (SSSR count). The van der Waals surface area contributed by atoms with E-state index in [0.29, 0.717) is 29.8 Å². The molecule has 0 bridgehead atoms. The third-order valence-electron chi connectivity index (χ3n) is 5.25. The number of primary amides is 1. The number of nitrogens with two attached hydrogens (primary N) is 1.